The summed E-state index contributed by atoms with van der Waals surface area (Å²) in [5, 5.41) is 3.17. The predicted molar refractivity (Wildman–Crippen MR) is 90.3 cm³/mol. The Morgan fingerprint density at radius 2 is 1.70 bits per heavy atom. The lowest BCUT2D eigenvalue weighted by Crippen LogP contribution is -2.49. The minimum atomic E-state index is -0.300. The molecule has 1 saturated carbocycles. The zero-order valence-corrected chi connectivity index (χ0v) is 13.9. The largest absolute Gasteiger partial charge is 0.352 e. The number of amides is 2. The van der Waals surface area contributed by atoms with Gasteiger partial charge < -0.3 is 10.2 Å². The fourth-order valence-electron chi connectivity index (χ4n) is 3.69. The van der Waals surface area contributed by atoms with Crippen molar-refractivity contribution in [3.8, 4) is 0 Å². The second-order valence-corrected chi connectivity index (χ2v) is 6.87. The molecule has 4 heteroatoms. The molecule has 0 spiro atoms. The van der Waals surface area contributed by atoms with Crippen LogP contribution in [0.5, 0.6) is 0 Å². The number of likely N-dealkylation sites (tertiary alicyclic amines) is 1. The highest BCUT2D eigenvalue weighted by Gasteiger charge is 2.35. The third-order valence-electron chi connectivity index (χ3n) is 5.07. The number of hydrogen-bond acceptors (Lipinski definition) is 2. The number of aryl methyl sites for hydroxylation is 1. The highest BCUT2D eigenvalue weighted by atomic mass is 16.2. The van der Waals surface area contributed by atoms with Crippen LogP contribution in [-0.4, -0.2) is 35.3 Å². The maximum atomic E-state index is 12.7. The van der Waals surface area contributed by atoms with Crippen LogP contribution >= 0.6 is 0 Å². The van der Waals surface area contributed by atoms with Crippen molar-refractivity contribution in [1.82, 2.24) is 10.2 Å². The minimum Gasteiger partial charge on any atom is -0.352 e. The summed E-state index contributed by atoms with van der Waals surface area (Å²) in [4.78, 5) is 27.1. The van der Waals surface area contributed by atoms with E-state index in [9.17, 15) is 9.59 Å². The van der Waals surface area contributed by atoms with Gasteiger partial charge in [-0.2, -0.15) is 0 Å². The molecule has 1 heterocycles. The summed E-state index contributed by atoms with van der Waals surface area (Å²) in [7, 11) is 0. The normalized spacial score (nSPS) is 22.1. The monoisotopic (exact) mass is 314 g/mol. The van der Waals surface area contributed by atoms with E-state index in [4.69, 9.17) is 0 Å². The highest BCUT2D eigenvalue weighted by molar-refractivity contribution is 5.98. The Bertz CT molecular complexity index is 561. The van der Waals surface area contributed by atoms with E-state index in [0.717, 1.165) is 31.2 Å². The molecule has 0 radical (unpaired) electrons. The first kappa shape index (κ1) is 16.0. The molecule has 0 unspecified atom stereocenters. The number of hydrogen-bond donors (Lipinski definition) is 1. The Labute approximate surface area is 138 Å². The van der Waals surface area contributed by atoms with Gasteiger partial charge in [-0.1, -0.05) is 37.0 Å². The smallest absolute Gasteiger partial charge is 0.254 e. The van der Waals surface area contributed by atoms with Gasteiger partial charge in [0.05, 0.1) is 0 Å². The van der Waals surface area contributed by atoms with Crippen LogP contribution in [0.25, 0.3) is 0 Å². The molecular weight excluding hydrogens is 288 g/mol. The van der Waals surface area contributed by atoms with E-state index in [0.29, 0.717) is 18.2 Å². The number of carbonyl (C=O) groups excluding carboxylic acids is 2. The zero-order valence-electron chi connectivity index (χ0n) is 13.9. The first-order valence-electron chi connectivity index (χ1n) is 8.83. The number of rotatable bonds is 3. The van der Waals surface area contributed by atoms with Crippen molar-refractivity contribution in [1.29, 1.82) is 0 Å². The molecule has 124 valence electrons. The second-order valence-electron chi connectivity index (χ2n) is 6.87. The second kappa shape index (κ2) is 7.16. The summed E-state index contributed by atoms with van der Waals surface area (Å²) >= 11 is 0. The van der Waals surface area contributed by atoms with Gasteiger partial charge in [0.15, 0.2) is 0 Å². The molecule has 1 N–H and O–H groups in total. The van der Waals surface area contributed by atoms with Crippen molar-refractivity contribution < 1.29 is 9.59 Å². The molecule has 23 heavy (non-hydrogen) atoms. The van der Waals surface area contributed by atoms with Crippen LogP contribution in [0, 0.1) is 6.92 Å². The molecule has 4 nitrogen and oxygen atoms in total. The van der Waals surface area contributed by atoms with Crippen LogP contribution in [0.2, 0.25) is 0 Å². The van der Waals surface area contributed by atoms with Crippen molar-refractivity contribution >= 4 is 11.8 Å². The Morgan fingerprint density at radius 3 is 2.39 bits per heavy atom. The topological polar surface area (TPSA) is 49.4 Å². The van der Waals surface area contributed by atoms with E-state index >= 15 is 0 Å². The van der Waals surface area contributed by atoms with Crippen LogP contribution in [-0.2, 0) is 4.79 Å². The van der Waals surface area contributed by atoms with Crippen LogP contribution in [0.3, 0.4) is 0 Å². The molecule has 1 aromatic carbocycles. The standard InChI is InChI=1S/C19H26N2O2/c1-14-9-11-15(12-10-14)19(23)21-13-5-8-17(21)18(22)20-16-6-3-2-4-7-16/h9-12,16-17H,2-8,13H2,1H3,(H,20,22)/t17-/m1/s1. The third-order valence-corrected chi connectivity index (χ3v) is 5.07. The fraction of sp³-hybridized carbons (Fsp3) is 0.579. The van der Waals surface area contributed by atoms with Crippen molar-refractivity contribution in [2.24, 2.45) is 0 Å². The summed E-state index contributed by atoms with van der Waals surface area (Å²) in [6.07, 6.45) is 7.49. The van der Waals surface area contributed by atoms with Gasteiger partial charge in [-0.05, 0) is 44.7 Å². The van der Waals surface area contributed by atoms with Crippen molar-refractivity contribution in [3.63, 3.8) is 0 Å². The summed E-state index contributed by atoms with van der Waals surface area (Å²) in [6.45, 7) is 2.68. The number of benzene rings is 1. The minimum absolute atomic E-state index is 0.0219. The maximum Gasteiger partial charge on any atom is 0.254 e. The first-order chi connectivity index (χ1) is 11.1. The number of nitrogens with one attached hydrogen (secondary N) is 1. The third kappa shape index (κ3) is 3.74. The molecule has 1 aromatic rings. The van der Waals surface area contributed by atoms with Gasteiger partial charge in [-0.3, -0.25) is 9.59 Å². The van der Waals surface area contributed by atoms with Crippen LogP contribution in [0.1, 0.15) is 60.9 Å². The molecule has 3 rings (SSSR count). The van der Waals surface area contributed by atoms with Gasteiger partial charge in [-0.15, -0.1) is 0 Å². The van der Waals surface area contributed by atoms with Crippen molar-refractivity contribution in [3.05, 3.63) is 35.4 Å². The molecule has 1 aliphatic heterocycles. The molecule has 1 aliphatic carbocycles. The Kier molecular flexibility index (Phi) is 4.99. The summed E-state index contributed by atoms with van der Waals surface area (Å²) < 4.78 is 0. The van der Waals surface area contributed by atoms with Gasteiger partial charge in [-0.25, -0.2) is 0 Å². The van der Waals surface area contributed by atoms with Crippen molar-refractivity contribution in [2.45, 2.75) is 64.0 Å². The quantitative estimate of drug-likeness (QED) is 0.932. The molecular formula is C19H26N2O2. The average Bonchev–Trinajstić information content (AvgIpc) is 3.05. The molecule has 1 saturated heterocycles. The van der Waals surface area contributed by atoms with Gasteiger partial charge in [0.25, 0.3) is 5.91 Å². The van der Waals surface area contributed by atoms with E-state index in [2.05, 4.69) is 5.32 Å². The predicted octanol–water partition coefficient (Wildman–Crippen LogP) is 3.05. The van der Waals surface area contributed by atoms with Crippen molar-refractivity contribution in [2.75, 3.05) is 6.54 Å². The van der Waals surface area contributed by atoms with Gasteiger partial charge >= 0.3 is 0 Å². The van der Waals surface area contributed by atoms with E-state index < -0.39 is 0 Å². The van der Waals surface area contributed by atoms with E-state index in [-0.39, 0.29) is 17.9 Å². The summed E-state index contributed by atoms with van der Waals surface area (Å²) in [5.41, 5.74) is 1.81. The van der Waals surface area contributed by atoms with Crippen LogP contribution in [0.15, 0.2) is 24.3 Å². The lowest BCUT2D eigenvalue weighted by atomic mass is 9.95. The van der Waals surface area contributed by atoms with E-state index in [1.807, 2.05) is 31.2 Å². The Morgan fingerprint density at radius 1 is 1.00 bits per heavy atom. The molecule has 2 amide bonds. The van der Waals surface area contributed by atoms with E-state index in [1.54, 1.807) is 4.90 Å². The molecule has 0 bridgehead atoms. The SMILES string of the molecule is Cc1ccc(C(=O)N2CCC[C@@H]2C(=O)NC2CCCCC2)cc1. The fourth-order valence-corrected chi connectivity index (χ4v) is 3.69. The number of nitrogens with zero attached hydrogens (tertiary/aromatic N) is 1. The molecule has 0 aromatic heterocycles. The maximum absolute atomic E-state index is 12.7. The molecule has 2 aliphatic rings. The van der Waals surface area contributed by atoms with Gasteiger partial charge in [0, 0.05) is 18.2 Å². The Balaban J connectivity index is 1.65. The average molecular weight is 314 g/mol. The first-order valence-corrected chi connectivity index (χ1v) is 8.83. The Hall–Kier alpha value is -1.84. The van der Waals surface area contributed by atoms with Gasteiger partial charge in [0.1, 0.15) is 6.04 Å². The lowest BCUT2D eigenvalue weighted by Gasteiger charge is -2.28. The molecule has 2 fully saturated rings. The van der Waals surface area contributed by atoms with E-state index in [1.165, 1.54) is 19.3 Å². The molecule has 1 atom stereocenters. The zero-order chi connectivity index (χ0) is 16.2. The summed E-state index contributed by atoms with van der Waals surface area (Å²) in [5.74, 6) is 0.0150. The van der Waals surface area contributed by atoms with Gasteiger partial charge in [0.2, 0.25) is 5.91 Å². The highest BCUT2D eigenvalue weighted by Crippen LogP contribution is 2.22. The number of carbonyl (C=O) groups is 2. The lowest BCUT2D eigenvalue weighted by molar-refractivity contribution is -0.125. The summed E-state index contributed by atoms with van der Waals surface area (Å²) in [6, 6.07) is 7.60. The van der Waals surface area contributed by atoms with Crippen LogP contribution in [0.4, 0.5) is 0 Å². The van der Waals surface area contributed by atoms with Crippen LogP contribution < -0.4 is 5.32 Å².